The largest absolute Gasteiger partial charge is 0.493 e. The SMILES string of the molecule is COc1cc(C(C)=O)cc(I)c1OCCSc1ccc(Cl)cc1. The summed E-state index contributed by atoms with van der Waals surface area (Å²) in [7, 11) is 1.57. The molecule has 0 unspecified atom stereocenters. The van der Waals surface area contributed by atoms with Crippen LogP contribution in [0, 0.1) is 3.57 Å². The molecule has 0 aliphatic carbocycles. The molecule has 0 bridgehead atoms. The molecule has 2 aromatic rings. The van der Waals surface area contributed by atoms with Gasteiger partial charge in [0.05, 0.1) is 17.3 Å². The first kappa shape index (κ1) is 18.4. The molecule has 0 heterocycles. The zero-order valence-electron chi connectivity index (χ0n) is 12.8. The molecule has 0 N–H and O–H groups in total. The van der Waals surface area contributed by atoms with Crippen LogP contribution in [-0.2, 0) is 0 Å². The summed E-state index contributed by atoms with van der Waals surface area (Å²) in [5, 5.41) is 0.732. The summed E-state index contributed by atoms with van der Waals surface area (Å²) < 4.78 is 12.1. The smallest absolute Gasteiger partial charge is 0.174 e. The number of benzene rings is 2. The zero-order valence-corrected chi connectivity index (χ0v) is 16.5. The van der Waals surface area contributed by atoms with E-state index in [1.54, 1.807) is 24.9 Å². The lowest BCUT2D eigenvalue weighted by Crippen LogP contribution is -2.05. The summed E-state index contributed by atoms with van der Waals surface area (Å²) in [6.45, 7) is 2.08. The Kier molecular flexibility index (Phi) is 7.05. The molecular weight excluding hydrogens is 447 g/mol. The number of carbonyl (C=O) groups excluding carboxylic acids is 1. The number of thioether (sulfide) groups is 1. The van der Waals surface area contributed by atoms with E-state index in [1.165, 1.54) is 6.92 Å². The molecule has 0 fully saturated rings. The lowest BCUT2D eigenvalue weighted by atomic mass is 10.1. The van der Waals surface area contributed by atoms with Crippen LogP contribution in [0.2, 0.25) is 5.02 Å². The van der Waals surface area contributed by atoms with Gasteiger partial charge in [0.25, 0.3) is 0 Å². The van der Waals surface area contributed by atoms with E-state index in [2.05, 4.69) is 22.6 Å². The average molecular weight is 463 g/mol. The van der Waals surface area contributed by atoms with Crippen molar-refractivity contribution in [2.45, 2.75) is 11.8 Å². The highest BCUT2D eigenvalue weighted by Gasteiger charge is 2.13. The standard InChI is InChI=1S/C17H16ClIO3S/c1-11(20)12-9-15(19)17(16(10-12)21-2)22-7-8-23-14-5-3-13(18)4-6-14/h3-6,9-10H,7-8H2,1-2H3. The Labute approximate surface area is 158 Å². The lowest BCUT2D eigenvalue weighted by Gasteiger charge is -2.13. The molecule has 122 valence electrons. The Morgan fingerprint density at radius 1 is 1.26 bits per heavy atom. The molecule has 23 heavy (non-hydrogen) atoms. The number of hydrogen-bond acceptors (Lipinski definition) is 4. The first-order chi connectivity index (χ1) is 11.0. The number of ether oxygens (including phenoxy) is 2. The number of hydrogen-bond donors (Lipinski definition) is 0. The quantitative estimate of drug-likeness (QED) is 0.241. The third-order valence-corrected chi connectivity index (χ3v) is 5.08. The minimum Gasteiger partial charge on any atom is -0.493 e. The van der Waals surface area contributed by atoms with Crippen LogP contribution in [0.25, 0.3) is 0 Å². The molecule has 0 atom stereocenters. The van der Waals surface area contributed by atoms with E-state index >= 15 is 0 Å². The van der Waals surface area contributed by atoms with Gasteiger partial charge in [0.1, 0.15) is 0 Å². The first-order valence-corrected chi connectivity index (χ1v) is 9.35. The van der Waals surface area contributed by atoms with Gasteiger partial charge in [-0.15, -0.1) is 11.8 Å². The van der Waals surface area contributed by atoms with Crippen LogP contribution in [-0.4, -0.2) is 25.3 Å². The van der Waals surface area contributed by atoms with Crippen molar-refractivity contribution in [2.75, 3.05) is 19.5 Å². The van der Waals surface area contributed by atoms with Crippen molar-refractivity contribution in [3.8, 4) is 11.5 Å². The summed E-state index contributed by atoms with van der Waals surface area (Å²) in [4.78, 5) is 12.7. The maximum Gasteiger partial charge on any atom is 0.174 e. The molecule has 0 spiro atoms. The minimum absolute atomic E-state index is 0.00561. The van der Waals surface area contributed by atoms with Crippen LogP contribution in [0.15, 0.2) is 41.3 Å². The Morgan fingerprint density at radius 2 is 1.96 bits per heavy atom. The van der Waals surface area contributed by atoms with Crippen LogP contribution >= 0.6 is 46.0 Å². The normalized spacial score (nSPS) is 10.4. The Hall–Kier alpha value is -0.920. The number of halogens is 2. The highest BCUT2D eigenvalue weighted by atomic mass is 127. The van der Waals surface area contributed by atoms with Crippen molar-refractivity contribution >= 4 is 51.7 Å². The Bertz CT molecular complexity index is 689. The van der Waals surface area contributed by atoms with Gasteiger partial charge >= 0.3 is 0 Å². The maximum absolute atomic E-state index is 11.5. The van der Waals surface area contributed by atoms with Crippen molar-refractivity contribution in [1.29, 1.82) is 0 Å². The van der Waals surface area contributed by atoms with E-state index in [-0.39, 0.29) is 5.78 Å². The minimum atomic E-state index is 0.00561. The summed E-state index contributed by atoms with van der Waals surface area (Å²) in [6.07, 6.45) is 0. The number of methoxy groups -OCH3 is 1. The van der Waals surface area contributed by atoms with Crippen molar-refractivity contribution in [3.05, 3.63) is 50.6 Å². The summed E-state index contributed by atoms with van der Waals surface area (Å²) in [5.74, 6) is 2.06. The number of rotatable bonds is 7. The van der Waals surface area contributed by atoms with Gasteiger partial charge in [-0.2, -0.15) is 0 Å². The Balaban J connectivity index is 1.97. The van der Waals surface area contributed by atoms with E-state index in [1.807, 2.05) is 30.3 Å². The number of Topliss-reactive ketones (excluding diaryl/α,β-unsaturated/α-hetero) is 1. The molecule has 3 nitrogen and oxygen atoms in total. The number of carbonyl (C=O) groups is 1. The monoisotopic (exact) mass is 462 g/mol. The predicted octanol–water partition coefficient (Wildman–Crippen LogP) is 5.33. The van der Waals surface area contributed by atoms with Gasteiger partial charge < -0.3 is 9.47 Å². The molecule has 2 aromatic carbocycles. The predicted molar refractivity (Wildman–Crippen MR) is 103 cm³/mol. The molecule has 0 amide bonds. The van der Waals surface area contributed by atoms with Crippen LogP contribution in [0.5, 0.6) is 11.5 Å². The maximum atomic E-state index is 11.5. The van der Waals surface area contributed by atoms with Crippen molar-refractivity contribution in [3.63, 3.8) is 0 Å². The summed E-state index contributed by atoms with van der Waals surface area (Å²) in [5.41, 5.74) is 0.620. The summed E-state index contributed by atoms with van der Waals surface area (Å²) in [6, 6.07) is 11.2. The van der Waals surface area contributed by atoms with Gasteiger partial charge in [0.2, 0.25) is 0 Å². The second-order valence-electron chi connectivity index (χ2n) is 4.70. The molecule has 0 aliphatic heterocycles. The molecule has 2 rings (SSSR count). The second-order valence-corrected chi connectivity index (χ2v) is 7.46. The molecule has 0 saturated heterocycles. The van der Waals surface area contributed by atoms with Gasteiger partial charge in [0.15, 0.2) is 17.3 Å². The average Bonchev–Trinajstić information content (AvgIpc) is 2.53. The fourth-order valence-electron chi connectivity index (χ4n) is 1.90. The second kappa shape index (κ2) is 8.80. The highest BCUT2D eigenvalue weighted by molar-refractivity contribution is 14.1. The highest BCUT2D eigenvalue weighted by Crippen LogP contribution is 2.34. The van der Waals surface area contributed by atoms with Crippen molar-refractivity contribution in [1.82, 2.24) is 0 Å². The number of ketones is 1. The molecule has 0 aromatic heterocycles. The molecular formula is C17H16ClIO3S. The fraction of sp³-hybridized carbons (Fsp3) is 0.235. The van der Waals surface area contributed by atoms with Crippen LogP contribution in [0.4, 0.5) is 0 Å². The van der Waals surface area contributed by atoms with Crippen LogP contribution < -0.4 is 9.47 Å². The van der Waals surface area contributed by atoms with Gasteiger partial charge in [-0.3, -0.25) is 4.79 Å². The topological polar surface area (TPSA) is 35.5 Å². The van der Waals surface area contributed by atoms with Gasteiger partial charge in [0, 0.05) is 21.2 Å². The van der Waals surface area contributed by atoms with E-state index < -0.39 is 0 Å². The molecule has 0 radical (unpaired) electrons. The Morgan fingerprint density at radius 3 is 2.57 bits per heavy atom. The first-order valence-electron chi connectivity index (χ1n) is 6.91. The molecule has 0 saturated carbocycles. The van der Waals surface area contributed by atoms with Crippen molar-refractivity contribution in [2.24, 2.45) is 0 Å². The van der Waals surface area contributed by atoms with E-state index in [0.717, 1.165) is 19.2 Å². The van der Waals surface area contributed by atoms with Crippen LogP contribution in [0.3, 0.4) is 0 Å². The van der Waals surface area contributed by atoms with Gasteiger partial charge in [-0.05, 0) is 65.9 Å². The van der Waals surface area contributed by atoms with Crippen LogP contribution in [0.1, 0.15) is 17.3 Å². The van der Waals surface area contributed by atoms with Crippen molar-refractivity contribution < 1.29 is 14.3 Å². The molecule has 0 aliphatic rings. The van der Waals surface area contributed by atoms with Gasteiger partial charge in [-0.25, -0.2) is 0 Å². The van der Waals surface area contributed by atoms with E-state index in [0.29, 0.717) is 23.7 Å². The zero-order chi connectivity index (χ0) is 16.8. The lowest BCUT2D eigenvalue weighted by molar-refractivity contribution is 0.101. The third-order valence-electron chi connectivity index (χ3n) is 3.05. The third kappa shape index (κ3) is 5.29. The van der Waals surface area contributed by atoms with Gasteiger partial charge in [-0.1, -0.05) is 11.6 Å². The van der Waals surface area contributed by atoms with E-state index in [4.69, 9.17) is 21.1 Å². The fourth-order valence-corrected chi connectivity index (χ4v) is 3.51. The van der Waals surface area contributed by atoms with E-state index in [9.17, 15) is 4.79 Å². The molecule has 6 heteroatoms. The summed E-state index contributed by atoms with van der Waals surface area (Å²) >= 11 is 9.72.